The zero-order valence-corrected chi connectivity index (χ0v) is 20.9. The highest BCUT2D eigenvalue weighted by Crippen LogP contribution is 2.25. The maximum atomic E-state index is 13.1. The molecule has 0 saturated heterocycles. The van der Waals surface area contributed by atoms with Gasteiger partial charge in [-0.2, -0.15) is 5.10 Å². The average Bonchev–Trinajstić information content (AvgIpc) is 3.17. The number of rotatable bonds is 6. The highest BCUT2D eigenvalue weighted by atomic mass is 16.6. The number of aliphatic imine (C=N–C) groups is 1. The Balaban J connectivity index is 1.80. The summed E-state index contributed by atoms with van der Waals surface area (Å²) in [4.78, 5) is 36.1. The van der Waals surface area contributed by atoms with Crippen LogP contribution in [-0.4, -0.2) is 56.6 Å². The number of aromatic nitrogens is 3. The van der Waals surface area contributed by atoms with Crippen LogP contribution >= 0.6 is 0 Å². The largest absolute Gasteiger partial charge is 0.444 e. The number of hydrogen-bond donors (Lipinski definition) is 1. The van der Waals surface area contributed by atoms with E-state index in [-0.39, 0.29) is 17.7 Å². The Morgan fingerprint density at radius 2 is 2.06 bits per heavy atom. The number of nitrogens with zero attached hydrogens (tertiary/aromatic N) is 5. The summed E-state index contributed by atoms with van der Waals surface area (Å²) in [6, 6.07) is 5.26. The predicted molar refractivity (Wildman–Crippen MR) is 138 cm³/mol. The van der Waals surface area contributed by atoms with Gasteiger partial charge in [0.2, 0.25) is 0 Å². The lowest BCUT2D eigenvalue weighted by atomic mass is 10.1. The van der Waals surface area contributed by atoms with Crippen molar-refractivity contribution in [3.05, 3.63) is 66.3 Å². The maximum Gasteiger partial charge on any atom is 0.410 e. The molecular formula is C26H32N6O3. The quantitative estimate of drug-likeness (QED) is 0.481. The molecule has 0 unspecified atom stereocenters. The van der Waals surface area contributed by atoms with E-state index in [0.717, 1.165) is 5.57 Å². The van der Waals surface area contributed by atoms with Crippen molar-refractivity contribution < 1.29 is 14.3 Å². The summed E-state index contributed by atoms with van der Waals surface area (Å²) in [5.41, 5.74) is 2.81. The number of anilines is 1. The van der Waals surface area contributed by atoms with Crippen LogP contribution in [0, 0.1) is 0 Å². The molecule has 0 spiro atoms. The number of amides is 2. The van der Waals surface area contributed by atoms with Crippen molar-refractivity contribution in [2.75, 3.05) is 18.4 Å². The molecule has 1 aliphatic heterocycles. The third-order valence-corrected chi connectivity index (χ3v) is 4.98. The second kappa shape index (κ2) is 10.9. The van der Waals surface area contributed by atoms with E-state index in [4.69, 9.17) is 4.74 Å². The van der Waals surface area contributed by atoms with Crippen LogP contribution in [0.1, 0.15) is 56.0 Å². The molecule has 35 heavy (non-hydrogen) atoms. The fourth-order valence-corrected chi connectivity index (χ4v) is 3.54. The molecule has 2 aromatic rings. The van der Waals surface area contributed by atoms with E-state index in [1.807, 2.05) is 32.9 Å². The first-order valence-electron chi connectivity index (χ1n) is 11.4. The Hall–Kier alpha value is -4.01. The van der Waals surface area contributed by atoms with Crippen LogP contribution in [0.4, 0.5) is 10.5 Å². The van der Waals surface area contributed by atoms with Crippen LogP contribution in [0.25, 0.3) is 11.3 Å². The minimum Gasteiger partial charge on any atom is -0.444 e. The van der Waals surface area contributed by atoms with Crippen molar-refractivity contribution in [1.29, 1.82) is 0 Å². The summed E-state index contributed by atoms with van der Waals surface area (Å²) in [6.07, 6.45) is 9.07. The Morgan fingerprint density at radius 3 is 2.74 bits per heavy atom. The van der Waals surface area contributed by atoms with E-state index in [1.165, 1.54) is 0 Å². The number of carbonyl (C=O) groups excluding carboxylic acids is 2. The minimum atomic E-state index is -0.566. The average molecular weight is 477 g/mol. The third kappa shape index (κ3) is 6.75. The molecule has 0 aliphatic carbocycles. The first-order chi connectivity index (χ1) is 16.6. The molecule has 2 amide bonds. The predicted octanol–water partition coefficient (Wildman–Crippen LogP) is 4.71. The van der Waals surface area contributed by atoms with E-state index in [1.54, 1.807) is 60.2 Å². The van der Waals surface area contributed by atoms with Gasteiger partial charge in [0, 0.05) is 26.0 Å². The van der Waals surface area contributed by atoms with Gasteiger partial charge in [-0.3, -0.25) is 14.5 Å². The van der Waals surface area contributed by atoms with Gasteiger partial charge in [0.25, 0.3) is 5.91 Å². The number of aryl methyl sites for hydroxylation is 1. The molecule has 0 aromatic carbocycles. The fraction of sp³-hybridized carbons (Fsp3) is 0.346. The Labute approximate surface area is 205 Å². The molecule has 1 aliphatic rings. The zero-order chi connectivity index (χ0) is 25.6. The maximum absolute atomic E-state index is 13.1. The molecule has 0 bridgehead atoms. The first-order valence-corrected chi connectivity index (χ1v) is 11.4. The second-order valence-corrected chi connectivity index (χ2v) is 9.02. The molecule has 2 aromatic heterocycles. The molecule has 0 fully saturated rings. The summed E-state index contributed by atoms with van der Waals surface area (Å²) in [7, 11) is 1.77. The smallest absolute Gasteiger partial charge is 0.410 e. The van der Waals surface area contributed by atoms with Crippen LogP contribution in [0.15, 0.2) is 54.2 Å². The SMILES string of the molecule is C=C/C=C(\N=C/C)c1nn(C)cc1NC(=O)c1cccc(C2=CCCN(C(=O)OC(C)(C)C)C2)n1. The fourth-order valence-electron chi connectivity index (χ4n) is 3.54. The summed E-state index contributed by atoms with van der Waals surface area (Å²) in [5, 5.41) is 7.32. The van der Waals surface area contributed by atoms with E-state index >= 15 is 0 Å². The summed E-state index contributed by atoms with van der Waals surface area (Å²) < 4.78 is 7.11. The van der Waals surface area contributed by atoms with Gasteiger partial charge in [-0.05, 0) is 57.9 Å². The van der Waals surface area contributed by atoms with Crippen molar-refractivity contribution in [1.82, 2.24) is 19.7 Å². The van der Waals surface area contributed by atoms with Crippen LogP contribution < -0.4 is 5.32 Å². The Kier molecular flexibility index (Phi) is 8.01. The van der Waals surface area contributed by atoms with Gasteiger partial charge in [0.05, 0.1) is 23.6 Å². The van der Waals surface area contributed by atoms with Gasteiger partial charge in [-0.1, -0.05) is 24.8 Å². The molecule has 0 saturated carbocycles. The molecular weight excluding hydrogens is 444 g/mol. The lowest BCUT2D eigenvalue weighted by Crippen LogP contribution is -2.39. The first kappa shape index (κ1) is 25.6. The monoisotopic (exact) mass is 476 g/mol. The van der Waals surface area contributed by atoms with Crippen molar-refractivity contribution >= 4 is 35.2 Å². The van der Waals surface area contributed by atoms with Crippen molar-refractivity contribution in [2.45, 2.75) is 39.7 Å². The van der Waals surface area contributed by atoms with E-state index in [0.29, 0.717) is 42.3 Å². The number of allylic oxidation sites excluding steroid dienone is 2. The van der Waals surface area contributed by atoms with Gasteiger partial charge >= 0.3 is 6.09 Å². The molecule has 184 valence electrons. The van der Waals surface area contributed by atoms with E-state index < -0.39 is 5.60 Å². The molecule has 9 heteroatoms. The van der Waals surface area contributed by atoms with Crippen molar-refractivity contribution in [3.8, 4) is 0 Å². The summed E-state index contributed by atoms with van der Waals surface area (Å²) in [6.45, 7) is 12.0. The summed E-state index contributed by atoms with van der Waals surface area (Å²) in [5.74, 6) is -0.375. The Bertz CT molecular complexity index is 1200. The standard InChI is InChI=1S/C26H32N6O3/c1-7-11-20(27-8-2)23-22(17-31(6)30-23)29-24(33)21-14-9-13-19(28-21)18-12-10-15-32(16-18)25(34)35-26(3,4)5/h7-9,11-14,17H,1,10,15-16H2,2-6H3,(H,29,33)/b20-11-,27-8-. The topological polar surface area (TPSA) is 102 Å². The second-order valence-electron chi connectivity index (χ2n) is 9.02. The number of carbonyl (C=O) groups is 2. The third-order valence-electron chi connectivity index (χ3n) is 4.98. The number of hydrogen-bond acceptors (Lipinski definition) is 6. The molecule has 1 N–H and O–H groups in total. The van der Waals surface area contributed by atoms with E-state index in [2.05, 4.69) is 27.0 Å². The van der Waals surface area contributed by atoms with E-state index in [9.17, 15) is 9.59 Å². The summed E-state index contributed by atoms with van der Waals surface area (Å²) >= 11 is 0. The number of nitrogens with one attached hydrogen (secondary N) is 1. The zero-order valence-electron chi connectivity index (χ0n) is 20.9. The molecule has 3 heterocycles. The number of ether oxygens (including phenoxy) is 1. The van der Waals surface area contributed by atoms with Crippen LogP contribution in [-0.2, 0) is 11.8 Å². The van der Waals surface area contributed by atoms with Gasteiger partial charge in [0.1, 0.15) is 17.0 Å². The van der Waals surface area contributed by atoms with Gasteiger partial charge in [-0.15, -0.1) is 0 Å². The van der Waals surface area contributed by atoms with Gasteiger partial charge < -0.3 is 15.0 Å². The normalized spacial score (nSPS) is 14.6. The molecule has 3 rings (SSSR count). The minimum absolute atomic E-state index is 0.251. The van der Waals surface area contributed by atoms with Gasteiger partial charge in [0.15, 0.2) is 0 Å². The molecule has 0 radical (unpaired) electrons. The van der Waals surface area contributed by atoms with Crippen molar-refractivity contribution in [3.63, 3.8) is 0 Å². The highest BCUT2D eigenvalue weighted by molar-refractivity contribution is 6.04. The number of pyridine rings is 1. The molecule has 0 atom stereocenters. The lowest BCUT2D eigenvalue weighted by molar-refractivity contribution is 0.0273. The highest BCUT2D eigenvalue weighted by Gasteiger charge is 2.25. The Morgan fingerprint density at radius 1 is 1.29 bits per heavy atom. The van der Waals surface area contributed by atoms with Crippen molar-refractivity contribution in [2.24, 2.45) is 12.0 Å². The van der Waals surface area contributed by atoms with Crippen LogP contribution in [0.5, 0.6) is 0 Å². The van der Waals surface area contributed by atoms with Crippen LogP contribution in [0.3, 0.4) is 0 Å². The lowest BCUT2D eigenvalue weighted by Gasteiger charge is -2.30. The molecule has 9 nitrogen and oxygen atoms in total. The van der Waals surface area contributed by atoms with Crippen LogP contribution in [0.2, 0.25) is 0 Å². The van der Waals surface area contributed by atoms with Gasteiger partial charge in [-0.25, -0.2) is 9.78 Å².